The van der Waals surface area contributed by atoms with Crippen molar-refractivity contribution in [2.75, 3.05) is 20.0 Å². The van der Waals surface area contributed by atoms with Crippen molar-refractivity contribution in [1.82, 2.24) is 9.97 Å². The smallest absolute Gasteiger partial charge is 0.422 e. The van der Waals surface area contributed by atoms with Crippen molar-refractivity contribution in [3.05, 3.63) is 77.4 Å². The summed E-state index contributed by atoms with van der Waals surface area (Å²) in [4.78, 5) is 33.8. The molecule has 0 fully saturated rings. The predicted octanol–water partition coefficient (Wildman–Crippen LogP) is 4.40. The maximum Gasteiger partial charge on any atom is 0.422 e. The molecule has 242 valence electrons. The second-order valence-electron chi connectivity index (χ2n) is 11.2. The van der Waals surface area contributed by atoms with Crippen LogP contribution in [-0.4, -0.2) is 61.3 Å². The zero-order valence-electron chi connectivity index (χ0n) is 24.6. The van der Waals surface area contributed by atoms with Gasteiger partial charge in [0.1, 0.15) is 40.5 Å². The lowest BCUT2D eigenvalue weighted by molar-refractivity contribution is -0.270. The summed E-state index contributed by atoms with van der Waals surface area (Å²) in [6, 6.07) is 9.27. The number of alkyl halides is 3. The number of sulfone groups is 1. The zero-order valence-corrected chi connectivity index (χ0v) is 25.4. The molecular weight excluding hydrogens is 634 g/mol. The molecule has 15 heteroatoms. The van der Waals surface area contributed by atoms with Gasteiger partial charge in [0.05, 0.1) is 17.7 Å². The van der Waals surface area contributed by atoms with Crippen molar-refractivity contribution in [2.24, 2.45) is 5.73 Å². The van der Waals surface area contributed by atoms with E-state index in [1.807, 2.05) is 0 Å². The third-order valence-electron chi connectivity index (χ3n) is 8.03. The number of fused-ring (bicyclic) bond motifs is 2. The fraction of sp³-hybridized carbons (Fsp3) is 0.290. The number of methoxy groups -OCH3 is 1. The summed E-state index contributed by atoms with van der Waals surface area (Å²) in [7, 11) is -2.40. The minimum absolute atomic E-state index is 0.0532. The lowest BCUT2D eigenvalue weighted by Crippen LogP contribution is -2.44. The molecule has 0 aliphatic carbocycles. The lowest BCUT2D eigenvalue weighted by atomic mass is 9.81. The number of nitrogens with two attached hydrogens (primary N) is 1. The van der Waals surface area contributed by atoms with Gasteiger partial charge in [-0.1, -0.05) is 0 Å². The molecule has 2 atom stereocenters. The molecule has 4 aromatic rings. The summed E-state index contributed by atoms with van der Waals surface area (Å²) in [6.07, 6.45) is -5.33. The number of primary amides is 1. The summed E-state index contributed by atoms with van der Waals surface area (Å²) >= 11 is 0. The van der Waals surface area contributed by atoms with E-state index in [9.17, 15) is 40.7 Å². The number of ether oxygens (including phenoxy) is 2. The highest BCUT2D eigenvalue weighted by atomic mass is 32.2. The standard InChI is InChI=1S/C31H27F4N3O7S/c1-29(28(36)40)15-45-27-21(29)13-24(38-26(27)16-4-6-19(32)7-5-16)30(41,31(33,34)35)9-8-22(39)17-10-18-11-20(46(3,42)43)14-37-25(18)23(12-17)44-2/h4-7,10-14,41H,8-9,15H2,1-3H3,(H2,36,40)/t29-,30-/m0/s1. The van der Waals surface area contributed by atoms with E-state index in [2.05, 4.69) is 9.97 Å². The second kappa shape index (κ2) is 11.3. The van der Waals surface area contributed by atoms with Gasteiger partial charge in [0.15, 0.2) is 15.6 Å². The largest absolute Gasteiger partial charge is 0.494 e. The van der Waals surface area contributed by atoms with Crippen LogP contribution in [0.2, 0.25) is 0 Å². The number of hydrogen-bond acceptors (Lipinski definition) is 9. The van der Waals surface area contributed by atoms with Gasteiger partial charge in [0.2, 0.25) is 11.5 Å². The van der Waals surface area contributed by atoms with E-state index in [0.29, 0.717) is 0 Å². The van der Waals surface area contributed by atoms with Crippen LogP contribution < -0.4 is 15.2 Å². The Balaban J connectivity index is 1.59. The molecule has 0 bridgehead atoms. The molecule has 0 unspecified atom stereocenters. The Morgan fingerprint density at radius 1 is 1.13 bits per heavy atom. The van der Waals surface area contributed by atoms with Gasteiger partial charge in [0, 0.05) is 41.0 Å². The van der Waals surface area contributed by atoms with Crippen molar-refractivity contribution in [3.8, 4) is 22.8 Å². The van der Waals surface area contributed by atoms with Gasteiger partial charge in [-0.2, -0.15) is 13.2 Å². The predicted molar refractivity (Wildman–Crippen MR) is 157 cm³/mol. The Bertz CT molecular complexity index is 2000. The Morgan fingerprint density at radius 3 is 2.39 bits per heavy atom. The highest BCUT2D eigenvalue weighted by Gasteiger charge is 2.57. The van der Waals surface area contributed by atoms with Crippen LogP contribution in [0.4, 0.5) is 17.6 Å². The lowest BCUT2D eigenvalue weighted by Gasteiger charge is -2.31. The number of benzene rings is 2. The molecule has 46 heavy (non-hydrogen) atoms. The van der Waals surface area contributed by atoms with Crippen LogP contribution in [-0.2, 0) is 25.6 Å². The molecule has 1 amide bonds. The van der Waals surface area contributed by atoms with E-state index in [-0.39, 0.29) is 56.3 Å². The van der Waals surface area contributed by atoms with Crippen molar-refractivity contribution in [1.29, 1.82) is 0 Å². The molecule has 3 heterocycles. The first kappa shape index (κ1) is 32.8. The van der Waals surface area contributed by atoms with Crippen LogP contribution in [0, 0.1) is 5.82 Å². The molecule has 0 spiro atoms. The molecular formula is C31H27F4N3O7S. The van der Waals surface area contributed by atoms with Crippen LogP contribution in [0.25, 0.3) is 22.2 Å². The average Bonchev–Trinajstić information content (AvgIpc) is 3.35. The maximum absolute atomic E-state index is 14.8. The number of Topliss-reactive ketones (excluding diaryl/α,β-unsaturated/α-hetero) is 1. The fourth-order valence-electron chi connectivity index (χ4n) is 5.17. The van der Waals surface area contributed by atoms with E-state index in [0.717, 1.165) is 30.7 Å². The van der Waals surface area contributed by atoms with Gasteiger partial charge in [0.25, 0.3) is 0 Å². The Morgan fingerprint density at radius 2 is 1.80 bits per heavy atom. The van der Waals surface area contributed by atoms with Crippen LogP contribution in [0.1, 0.15) is 41.4 Å². The van der Waals surface area contributed by atoms with E-state index in [4.69, 9.17) is 15.2 Å². The second-order valence-corrected chi connectivity index (χ2v) is 13.2. The highest BCUT2D eigenvalue weighted by Crippen LogP contribution is 2.49. The van der Waals surface area contributed by atoms with Gasteiger partial charge < -0.3 is 20.3 Å². The molecule has 1 aliphatic rings. The molecule has 1 aliphatic heterocycles. The van der Waals surface area contributed by atoms with Crippen molar-refractivity contribution < 1.29 is 50.1 Å². The van der Waals surface area contributed by atoms with Crippen molar-refractivity contribution in [2.45, 2.75) is 41.9 Å². The summed E-state index contributed by atoms with van der Waals surface area (Å²) in [5.74, 6) is -2.35. The molecule has 10 nitrogen and oxygen atoms in total. The van der Waals surface area contributed by atoms with Crippen molar-refractivity contribution >= 4 is 32.4 Å². The first-order valence-corrected chi connectivity index (χ1v) is 15.5. The minimum atomic E-state index is -5.37. The molecule has 0 saturated carbocycles. The Labute approximate surface area is 260 Å². The monoisotopic (exact) mass is 661 g/mol. The topological polar surface area (TPSA) is 159 Å². The summed E-state index contributed by atoms with van der Waals surface area (Å²) in [5, 5.41) is 11.5. The number of carbonyl (C=O) groups is 2. The number of aliphatic hydroxyl groups is 1. The number of pyridine rings is 2. The Kier molecular flexibility index (Phi) is 8.06. The van der Waals surface area contributed by atoms with Crippen LogP contribution in [0.15, 0.2) is 59.6 Å². The minimum Gasteiger partial charge on any atom is -0.494 e. The maximum atomic E-state index is 14.8. The average molecular weight is 662 g/mol. The number of halogens is 4. The van der Waals surface area contributed by atoms with E-state index in [1.165, 1.54) is 44.4 Å². The summed E-state index contributed by atoms with van der Waals surface area (Å²) < 4.78 is 93.0. The number of ketones is 1. The number of aromatic nitrogens is 2. The summed E-state index contributed by atoms with van der Waals surface area (Å²) in [5.41, 5.74) is -0.661. The Hall–Kier alpha value is -4.63. The first-order chi connectivity index (χ1) is 21.4. The van der Waals surface area contributed by atoms with Gasteiger partial charge in [-0.25, -0.2) is 17.8 Å². The van der Waals surface area contributed by atoms with Gasteiger partial charge in [-0.3, -0.25) is 14.6 Å². The molecule has 0 saturated heterocycles. The normalized spacial score (nSPS) is 17.7. The quantitative estimate of drug-likeness (QED) is 0.196. The number of nitrogens with zero attached hydrogens (tertiary/aromatic N) is 2. The highest BCUT2D eigenvalue weighted by molar-refractivity contribution is 7.90. The summed E-state index contributed by atoms with van der Waals surface area (Å²) in [6.45, 7) is 1.05. The number of amides is 1. The third-order valence-corrected chi connectivity index (χ3v) is 9.11. The number of carbonyl (C=O) groups excluding carboxylic acids is 2. The molecule has 2 aromatic carbocycles. The third kappa shape index (κ3) is 5.64. The van der Waals surface area contributed by atoms with E-state index < -0.39 is 63.1 Å². The van der Waals surface area contributed by atoms with Crippen LogP contribution in [0.5, 0.6) is 11.5 Å². The fourth-order valence-corrected chi connectivity index (χ4v) is 5.76. The SMILES string of the molecule is COc1cc(C(=O)CC[C@](O)(c2cc3c(c(-c4ccc(F)cc4)n2)OC[C@]3(C)C(N)=O)C(F)(F)F)cc2cc(S(C)(=O)=O)cnc12. The van der Waals surface area contributed by atoms with Gasteiger partial charge in [-0.15, -0.1) is 0 Å². The first-order valence-electron chi connectivity index (χ1n) is 13.6. The van der Waals surface area contributed by atoms with E-state index >= 15 is 0 Å². The molecule has 0 radical (unpaired) electrons. The van der Waals surface area contributed by atoms with Gasteiger partial charge in [-0.05, 0) is 61.9 Å². The molecule has 5 rings (SSSR count). The molecule has 3 N–H and O–H groups in total. The van der Waals surface area contributed by atoms with Gasteiger partial charge >= 0.3 is 6.18 Å². The zero-order chi connectivity index (χ0) is 33.8. The molecule has 2 aromatic heterocycles. The van der Waals surface area contributed by atoms with Crippen molar-refractivity contribution in [3.63, 3.8) is 0 Å². The van der Waals surface area contributed by atoms with Crippen LogP contribution in [0.3, 0.4) is 0 Å². The number of rotatable bonds is 9. The number of hydrogen-bond donors (Lipinski definition) is 2. The van der Waals surface area contributed by atoms with E-state index in [1.54, 1.807) is 0 Å². The van der Waals surface area contributed by atoms with Crippen LogP contribution >= 0.6 is 0 Å².